The van der Waals surface area contributed by atoms with Crippen molar-refractivity contribution in [3.05, 3.63) is 24.3 Å². The van der Waals surface area contributed by atoms with E-state index in [1.165, 1.54) is 251 Å². The Labute approximate surface area is 434 Å². The van der Waals surface area contributed by atoms with Gasteiger partial charge in [-0.05, 0) is 90.6 Å². The first-order chi connectivity index (χ1) is 34.0. The van der Waals surface area contributed by atoms with Crippen molar-refractivity contribution in [2.75, 3.05) is 32.8 Å². The van der Waals surface area contributed by atoms with E-state index in [-0.39, 0.29) is 13.1 Å². The maximum absolute atomic E-state index is 10.6. The lowest BCUT2D eigenvalue weighted by Crippen LogP contribution is -2.26. The van der Waals surface area contributed by atoms with Gasteiger partial charge in [-0.1, -0.05) is 244 Å². The Morgan fingerprint density at radius 1 is 0.386 bits per heavy atom. The summed E-state index contributed by atoms with van der Waals surface area (Å²) in [7, 11) is -4.43. The number of phosphoric acid groups is 1. The van der Waals surface area contributed by atoms with Crippen LogP contribution in [-0.2, 0) is 13.8 Å². The minimum Gasteiger partial charge on any atom is -0.367 e. The van der Waals surface area contributed by atoms with Gasteiger partial charge >= 0.3 is 7.82 Å². The van der Waals surface area contributed by atoms with E-state index in [0.717, 1.165) is 38.8 Å². The highest BCUT2D eigenvalue weighted by Crippen LogP contribution is 2.37. The molecule has 0 aromatic carbocycles. The second kappa shape index (κ2) is 64.4. The summed E-state index contributed by atoms with van der Waals surface area (Å²) >= 11 is 0. The summed E-state index contributed by atoms with van der Waals surface area (Å²) in [4.78, 5) is 17.2. The summed E-state index contributed by atoms with van der Waals surface area (Å²) in [5.41, 5.74) is 0. The van der Waals surface area contributed by atoms with Crippen LogP contribution in [0.15, 0.2) is 24.3 Å². The topological polar surface area (TPSA) is 181 Å². The minimum absolute atomic E-state index is 0.284. The zero-order valence-corrected chi connectivity index (χ0v) is 47.5. The van der Waals surface area contributed by atoms with Crippen LogP contribution in [0.25, 0.3) is 0 Å². The van der Waals surface area contributed by atoms with Crippen LogP contribution in [0.1, 0.15) is 297 Å². The number of allylic oxidation sites excluding steroid dienone is 4. The van der Waals surface area contributed by atoms with Gasteiger partial charge in [-0.25, -0.2) is 4.57 Å². The number of hydrogen-bond acceptors (Lipinski definition) is 9. The summed E-state index contributed by atoms with van der Waals surface area (Å²) in [5.74, 6) is 0. The third-order valence-corrected chi connectivity index (χ3v) is 13.1. The van der Waals surface area contributed by atoms with E-state index in [0.29, 0.717) is 6.61 Å². The minimum atomic E-state index is -4.43. The maximum Gasteiger partial charge on any atom is 0.471 e. The molecule has 422 valence electrons. The molecule has 0 saturated carbocycles. The summed E-state index contributed by atoms with van der Waals surface area (Å²) in [6.07, 6.45) is 61.5. The van der Waals surface area contributed by atoms with Gasteiger partial charge in [0.15, 0.2) is 18.9 Å². The number of nitrogens with one attached hydrogen (secondary N) is 2. The Balaban J connectivity index is -0.000000963. The van der Waals surface area contributed by atoms with Crippen molar-refractivity contribution in [3.63, 3.8) is 0 Å². The van der Waals surface area contributed by atoms with Crippen LogP contribution in [0.5, 0.6) is 0 Å². The molecule has 0 heterocycles. The fourth-order valence-corrected chi connectivity index (χ4v) is 8.67. The SMILES string of the molecule is CCCCCCCCC=CCCCCCCCCCNCC(O)O.CCCCCCCCC=CCCCCCCCCCNCC(O)O.CCCCCCCCCCCCCCOC(C)OP(=O)(O)O. The molecule has 0 rings (SSSR count). The molecule has 0 aromatic rings. The molecule has 1 atom stereocenters. The van der Waals surface area contributed by atoms with Crippen LogP contribution in [0.4, 0.5) is 0 Å². The Hall–Kier alpha value is -0.690. The molecule has 0 saturated heterocycles. The predicted octanol–water partition coefficient (Wildman–Crippen LogP) is 15.8. The number of aliphatic hydroxyl groups is 4. The molecular formula is C58H121N2O9P. The van der Waals surface area contributed by atoms with Gasteiger partial charge in [0.25, 0.3) is 0 Å². The summed E-state index contributed by atoms with van der Waals surface area (Å²) in [5, 5.41) is 40.8. The summed E-state index contributed by atoms with van der Waals surface area (Å²) < 4.78 is 20.2. The van der Waals surface area contributed by atoms with Gasteiger partial charge in [-0.3, -0.25) is 4.52 Å². The number of unbranched alkanes of at least 4 members (excludes halogenated alkanes) is 37. The maximum atomic E-state index is 10.6. The van der Waals surface area contributed by atoms with Crippen LogP contribution in [0.3, 0.4) is 0 Å². The van der Waals surface area contributed by atoms with Crippen molar-refractivity contribution in [2.45, 2.75) is 316 Å². The molecule has 0 radical (unpaired) electrons. The van der Waals surface area contributed by atoms with E-state index >= 15 is 0 Å². The van der Waals surface area contributed by atoms with Crippen molar-refractivity contribution >= 4 is 7.82 Å². The standard InChI is InChI=1S/2C21H43NO2.C16H35O5P/c2*1-2-3-4-5-6-7-8-9-10-11-12-13-14-15-16-17-18-19-22-20-21(23)24;1-3-4-5-6-7-8-9-10-11-12-13-14-15-20-16(2)21-22(17,18)19/h2*9-10,21-24H,2-8,11-20H2,1H3;16H,3-15H2,1-2H3,(H2,17,18,19). The third-order valence-electron chi connectivity index (χ3n) is 12.5. The predicted molar refractivity (Wildman–Crippen MR) is 300 cm³/mol. The fourth-order valence-electron chi connectivity index (χ4n) is 8.23. The Morgan fingerprint density at radius 2 is 0.629 bits per heavy atom. The van der Waals surface area contributed by atoms with E-state index in [1.54, 1.807) is 0 Å². The monoisotopic (exact) mass is 1020 g/mol. The Kier molecular flexibility index (Phi) is 67.7. The third kappa shape index (κ3) is 78.7. The van der Waals surface area contributed by atoms with Crippen LogP contribution in [0, 0.1) is 0 Å². The van der Waals surface area contributed by atoms with Gasteiger partial charge in [-0.2, -0.15) is 0 Å². The van der Waals surface area contributed by atoms with Gasteiger partial charge in [0.1, 0.15) is 0 Å². The van der Waals surface area contributed by atoms with Crippen LogP contribution >= 0.6 is 7.82 Å². The van der Waals surface area contributed by atoms with Crippen LogP contribution < -0.4 is 10.6 Å². The zero-order valence-electron chi connectivity index (χ0n) is 46.6. The first kappa shape index (κ1) is 73.6. The van der Waals surface area contributed by atoms with Gasteiger partial charge in [0.2, 0.25) is 0 Å². The normalized spacial score (nSPS) is 12.3. The summed E-state index contributed by atoms with van der Waals surface area (Å²) in [6.45, 7) is 11.1. The Bertz CT molecular complexity index is 994. The van der Waals surface area contributed by atoms with Crippen LogP contribution in [-0.4, -0.2) is 81.9 Å². The van der Waals surface area contributed by atoms with E-state index in [4.69, 9.17) is 34.9 Å². The molecule has 1 unspecified atom stereocenters. The number of hydrogen-bond donors (Lipinski definition) is 8. The van der Waals surface area contributed by atoms with Crippen molar-refractivity contribution in [1.29, 1.82) is 0 Å². The average molecular weight is 1020 g/mol. The second-order valence-corrected chi connectivity index (χ2v) is 21.1. The molecule has 0 aromatic heterocycles. The van der Waals surface area contributed by atoms with Gasteiger partial charge in [0.05, 0.1) is 0 Å². The van der Waals surface area contributed by atoms with Gasteiger partial charge in [0, 0.05) is 19.7 Å². The molecule has 70 heavy (non-hydrogen) atoms. The van der Waals surface area contributed by atoms with E-state index in [9.17, 15) is 4.57 Å². The largest absolute Gasteiger partial charge is 0.471 e. The first-order valence-electron chi connectivity index (χ1n) is 29.8. The van der Waals surface area contributed by atoms with Gasteiger partial charge < -0.3 is 45.6 Å². The van der Waals surface area contributed by atoms with Crippen molar-refractivity contribution in [3.8, 4) is 0 Å². The fraction of sp³-hybridized carbons (Fsp3) is 0.931. The summed E-state index contributed by atoms with van der Waals surface area (Å²) in [6, 6.07) is 0. The highest BCUT2D eigenvalue weighted by molar-refractivity contribution is 7.46. The lowest BCUT2D eigenvalue weighted by Gasteiger charge is -2.14. The molecule has 0 amide bonds. The highest BCUT2D eigenvalue weighted by atomic mass is 31.2. The lowest BCUT2D eigenvalue weighted by molar-refractivity contribution is -0.0803. The molecule has 0 aliphatic rings. The first-order valence-corrected chi connectivity index (χ1v) is 31.3. The quantitative estimate of drug-likeness (QED) is 0.0126. The van der Waals surface area contributed by atoms with Crippen molar-refractivity contribution in [2.24, 2.45) is 0 Å². The van der Waals surface area contributed by atoms with E-state index in [1.807, 2.05) is 0 Å². The molecule has 0 bridgehead atoms. The molecule has 0 aliphatic heterocycles. The van der Waals surface area contributed by atoms with Crippen LogP contribution in [0.2, 0.25) is 0 Å². The molecule has 0 spiro atoms. The molecule has 11 nitrogen and oxygen atoms in total. The number of aliphatic hydroxyl groups excluding tert-OH is 2. The average Bonchev–Trinajstić information content (AvgIpc) is 3.31. The zero-order chi connectivity index (χ0) is 52.1. The number of ether oxygens (including phenoxy) is 1. The number of rotatable bonds is 54. The van der Waals surface area contributed by atoms with E-state index in [2.05, 4.69) is 60.2 Å². The van der Waals surface area contributed by atoms with E-state index < -0.39 is 26.7 Å². The molecule has 0 fully saturated rings. The molecule has 0 aliphatic carbocycles. The number of phosphoric ester groups is 1. The van der Waals surface area contributed by atoms with Crippen molar-refractivity contribution in [1.82, 2.24) is 10.6 Å². The van der Waals surface area contributed by atoms with Crippen molar-refractivity contribution < 1.29 is 44.0 Å². The smallest absolute Gasteiger partial charge is 0.367 e. The Morgan fingerprint density at radius 3 is 0.886 bits per heavy atom. The molecular weight excluding hydrogens is 900 g/mol. The molecule has 8 N–H and O–H groups in total. The molecule has 12 heteroatoms. The highest BCUT2D eigenvalue weighted by Gasteiger charge is 2.18. The lowest BCUT2D eigenvalue weighted by atomic mass is 10.1. The second-order valence-electron chi connectivity index (χ2n) is 19.9. The van der Waals surface area contributed by atoms with Gasteiger partial charge in [-0.15, -0.1) is 0 Å².